The quantitative estimate of drug-likeness (QED) is 0.827. The molecule has 2 atom stereocenters. The Labute approximate surface area is 172 Å². The van der Waals surface area contributed by atoms with E-state index in [1.165, 1.54) is 6.42 Å². The second kappa shape index (κ2) is 7.97. The van der Waals surface area contributed by atoms with E-state index in [1.807, 2.05) is 49.1 Å². The summed E-state index contributed by atoms with van der Waals surface area (Å²) in [5.74, 6) is 2.10. The SMILES string of the molecule is Cc1cc(C)c(O)c(C(CC(=O)N2CCCC(C)C2)c2ccc3c(c2)OCO3)c1. The first kappa shape index (κ1) is 19.6. The van der Waals surface area contributed by atoms with Gasteiger partial charge >= 0.3 is 0 Å². The molecule has 0 bridgehead atoms. The van der Waals surface area contributed by atoms with Gasteiger partial charge in [0.25, 0.3) is 0 Å². The van der Waals surface area contributed by atoms with Crippen LogP contribution in [0.4, 0.5) is 0 Å². The van der Waals surface area contributed by atoms with Crippen molar-refractivity contribution in [2.45, 2.75) is 46.0 Å². The molecule has 2 aliphatic heterocycles. The standard InChI is InChI=1S/C24H29NO4/c1-15-5-4-8-25(13-15)23(26)12-19(20-10-16(2)9-17(3)24(20)27)18-6-7-21-22(11-18)29-14-28-21/h6-7,9-11,15,19,27H,4-5,8,12-14H2,1-3H3. The largest absolute Gasteiger partial charge is 0.507 e. The van der Waals surface area contributed by atoms with E-state index in [1.54, 1.807) is 0 Å². The smallest absolute Gasteiger partial charge is 0.231 e. The average Bonchev–Trinajstić information content (AvgIpc) is 3.16. The maximum Gasteiger partial charge on any atom is 0.231 e. The van der Waals surface area contributed by atoms with Gasteiger partial charge in [0.2, 0.25) is 12.7 Å². The van der Waals surface area contributed by atoms with Crippen molar-refractivity contribution in [2.24, 2.45) is 5.92 Å². The fraction of sp³-hybridized carbons (Fsp3) is 0.458. The highest BCUT2D eigenvalue weighted by Crippen LogP contribution is 2.41. The zero-order valence-corrected chi connectivity index (χ0v) is 17.4. The van der Waals surface area contributed by atoms with Crippen LogP contribution in [0.3, 0.4) is 0 Å². The highest BCUT2D eigenvalue weighted by Gasteiger charge is 2.28. The van der Waals surface area contributed by atoms with Crippen LogP contribution in [0, 0.1) is 19.8 Å². The molecular formula is C24H29NO4. The van der Waals surface area contributed by atoms with E-state index >= 15 is 0 Å². The molecule has 2 aliphatic rings. The molecule has 2 heterocycles. The minimum absolute atomic E-state index is 0.137. The Morgan fingerprint density at radius 2 is 2.00 bits per heavy atom. The van der Waals surface area contributed by atoms with Gasteiger partial charge in [0.05, 0.1) is 0 Å². The van der Waals surface area contributed by atoms with Gasteiger partial charge in [-0.05, 0) is 55.9 Å². The molecule has 2 aromatic rings. The number of amides is 1. The van der Waals surface area contributed by atoms with Gasteiger partial charge in [0.15, 0.2) is 11.5 Å². The second-order valence-electron chi connectivity index (χ2n) is 8.48. The van der Waals surface area contributed by atoms with Gasteiger partial charge in [-0.3, -0.25) is 4.79 Å². The molecule has 1 fully saturated rings. The Balaban J connectivity index is 1.70. The summed E-state index contributed by atoms with van der Waals surface area (Å²) in [7, 11) is 0. The molecule has 0 aliphatic carbocycles. The number of carbonyl (C=O) groups is 1. The molecule has 154 valence electrons. The molecule has 2 unspecified atom stereocenters. The highest BCUT2D eigenvalue weighted by atomic mass is 16.7. The van der Waals surface area contributed by atoms with E-state index in [4.69, 9.17) is 9.47 Å². The van der Waals surface area contributed by atoms with Crippen LogP contribution in [0.15, 0.2) is 30.3 Å². The van der Waals surface area contributed by atoms with Crippen molar-refractivity contribution >= 4 is 5.91 Å². The van der Waals surface area contributed by atoms with E-state index in [0.717, 1.165) is 41.8 Å². The summed E-state index contributed by atoms with van der Waals surface area (Å²) >= 11 is 0. The third-order valence-electron chi connectivity index (χ3n) is 6.04. The molecule has 0 radical (unpaired) electrons. The van der Waals surface area contributed by atoms with Gasteiger partial charge in [-0.25, -0.2) is 0 Å². The zero-order chi connectivity index (χ0) is 20.5. The second-order valence-corrected chi connectivity index (χ2v) is 8.48. The molecule has 5 nitrogen and oxygen atoms in total. The summed E-state index contributed by atoms with van der Waals surface area (Å²) in [6, 6.07) is 9.75. The predicted molar refractivity (Wildman–Crippen MR) is 112 cm³/mol. The predicted octanol–water partition coefficient (Wildman–Crippen LogP) is 4.52. The summed E-state index contributed by atoms with van der Waals surface area (Å²) in [5.41, 5.74) is 3.64. The zero-order valence-electron chi connectivity index (χ0n) is 17.4. The Morgan fingerprint density at radius 3 is 2.79 bits per heavy atom. The molecule has 0 spiro atoms. The lowest BCUT2D eigenvalue weighted by molar-refractivity contribution is -0.133. The van der Waals surface area contributed by atoms with Crippen LogP contribution in [-0.4, -0.2) is 35.8 Å². The van der Waals surface area contributed by atoms with E-state index in [0.29, 0.717) is 23.8 Å². The number of phenols is 1. The molecule has 2 aromatic carbocycles. The molecule has 1 amide bonds. The number of rotatable bonds is 4. The minimum atomic E-state index is -0.243. The molecular weight excluding hydrogens is 366 g/mol. The summed E-state index contributed by atoms with van der Waals surface area (Å²) in [4.78, 5) is 15.2. The van der Waals surface area contributed by atoms with Crippen molar-refractivity contribution < 1.29 is 19.4 Å². The van der Waals surface area contributed by atoms with Crippen LogP contribution >= 0.6 is 0 Å². The first-order valence-electron chi connectivity index (χ1n) is 10.4. The normalized spacial score (nSPS) is 19.3. The van der Waals surface area contributed by atoms with Gasteiger partial charge in [-0.2, -0.15) is 0 Å². The third kappa shape index (κ3) is 4.04. The summed E-state index contributed by atoms with van der Waals surface area (Å²) < 4.78 is 11.0. The van der Waals surface area contributed by atoms with E-state index in [2.05, 4.69) is 6.92 Å². The Bertz CT molecular complexity index is 923. The average molecular weight is 395 g/mol. The lowest BCUT2D eigenvalue weighted by Gasteiger charge is -2.32. The first-order valence-corrected chi connectivity index (χ1v) is 10.4. The monoisotopic (exact) mass is 395 g/mol. The minimum Gasteiger partial charge on any atom is -0.507 e. The van der Waals surface area contributed by atoms with Crippen molar-refractivity contribution in [3.8, 4) is 17.2 Å². The molecule has 0 saturated carbocycles. The van der Waals surface area contributed by atoms with Crippen molar-refractivity contribution in [3.05, 3.63) is 52.6 Å². The molecule has 1 N–H and O–H groups in total. The van der Waals surface area contributed by atoms with Crippen molar-refractivity contribution in [1.82, 2.24) is 4.90 Å². The van der Waals surface area contributed by atoms with Gasteiger partial charge in [0.1, 0.15) is 5.75 Å². The summed E-state index contributed by atoms with van der Waals surface area (Å²) in [6.07, 6.45) is 2.55. The fourth-order valence-corrected chi connectivity index (χ4v) is 4.52. The van der Waals surface area contributed by atoms with Crippen LogP contribution in [0.5, 0.6) is 17.2 Å². The van der Waals surface area contributed by atoms with E-state index in [9.17, 15) is 9.90 Å². The number of aromatic hydroxyl groups is 1. The van der Waals surface area contributed by atoms with Crippen LogP contribution in [-0.2, 0) is 4.79 Å². The topological polar surface area (TPSA) is 59.0 Å². The van der Waals surface area contributed by atoms with Crippen molar-refractivity contribution in [2.75, 3.05) is 19.9 Å². The van der Waals surface area contributed by atoms with E-state index < -0.39 is 0 Å². The number of fused-ring (bicyclic) bond motifs is 1. The van der Waals surface area contributed by atoms with Crippen LogP contribution in [0.25, 0.3) is 0 Å². The van der Waals surface area contributed by atoms with Gasteiger partial charge in [0, 0.05) is 31.0 Å². The number of hydrogen-bond donors (Lipinski definition) is 1. The lowest BCUT2D eigenvalue weighted by Crippen LogP contribution is -2.39. The fourth-order valence-electron chi connectivity index (χ4n) is 4.52. The number of aryl methyl sites for hydroxylation is 2. The van der Waals surface area contributed by atoms with Crippen LogP contribution < -0.4 is 9.47 Å². The van der Waals surface area contributed by atoms with Crippen LogP contribution in [0.2, 0.25) is 0 Å². The lowest BCUT2D eigenvalue weighted by atomic mass is 9.85. The summed E-state index contributed by atoms with van der Waals surface area (Å²) in [6.45, 7) is 7.95. The number of hydrogen-bond acceptors (Lipinski definition) is 4. The van der Waals surface area contributed by atoms with Crippen LogP contribution in [0.1, 0.15) is 54.4 Å². The molecule has 29 heavy (non-hydrogen) atoms. The number of piperidine rings is 1. The van der Waals surface area contributed by atoms with Crippen molar-refractivity contribution in [3.63, 3.8) is 0 Å². The molecule has 4 rings (SSSR count). The highest BCUT2D eigenvalue weighted by molar-refractivity contribution is 5.78. The Morgan fingerprint density at radius 1 is 1.21 bits per heavy atom. The van der Waals surface area contributed by atoms with E-state index in [-0.39, 0.29) is 24.4 Å². The number of likely N-dealkylation sites (tertiary alicyclic amines) is 1. The first-order chi connectivity index (χ1) is 13.9. The Kier molecular flexibility index (Phi) is 5.39. The van der Waals surface area contributed by atoms with Gasteiger partial charge in [-0.15, -0.1) is 0 Å². The number of benzene rings is 2. The molecule has 5 heteroatoms. The molecule has 0 aromatic heterocycles. The maximum absolute atomic E-state index is 13.2. The molecule has 1 saturated heterocycles. The van der Waals surface area contributed by atoms with Crippen molar-refractivity contribution in [1.29, 1.82) is 0 Å². The number of phenolic OH excluding ortho intramolecular Hbond substituents is 1. The van der Waals surface area contributed by atoms with Gasteiger partial charge in [-0.1, -0.05) is 30.7 Å². The maximum atomic E-state index is 13.2. The third-order valence-corrected chi connectivity index (χ3v) is 6.04. The Hall–Kier alpha value is -2.69. The summed E-state index contributed by atoms with van der Waals surface area (Å²) in [5, 5.41) is 10.8. The number of nitrogens with zero attached hydrogens (tertiary/aromatic N) is 1. The number of ether oxygens (including phenoxy) is 2. The van der Waals surface area contributed by atoms with Gasteiger partial charge < -0.3 is 19.5 Å². The number of carbonyl (C=O) groups excluding carboxylic acids is 1.